The van der Waals surface area contributed by atoms with Gasteiger partial charge in [-0.05, 0) is 81.2 Å². The standard InChI is InChI=1S/C27H29N6O3/c1-15-28-30(6)25(34)31(29-15)21-13-18-9-7-16-11-20(12-17-8-10-19(14-21)23(18)22(16)17)24-32(35)26(2,3)27(4,5)33(24)36/h7-14,22-23H,1-6H3,(H,28,29). The number of hydrogen-bond acceptors (Lipinski definition) is 5. The van der Waals surface area contributed by atoms with E-state index in [-0.39, 0.29) is 23.7 Å². The second kappa shape index (κ2) is 7.10. The summed E-state index contributed by atoms with van der Waals surface area (Å²) >= 11 is 0. The maximum atomic E-state index is 13.3. The topological polar surface area (TPSA) is 97.1 Å². The molecule has 185 valence electrons. The van der Waals surface area contributed by atoms with Gasteiger partial charge in [-0.3, -0.25) is 10.2 Å². The molecule has 2 amide bonds. The summed E-state index contributed by atoms with van der Waals surface area (Å²) in [5, 5.41) is 34.6. The predicted octanol–water partition coefficient (Wildman–Crippen LogP) is 3.68. The summed E-state index contributed by atoms with van der Waals surface area (Å²) < 4.78 is 0.866. The fraction of sp³-hybridized carbons (Fsp3) is 0.370. The number of amidine groups is 2. The second-order valence-corrected chi connectivity index (χ2v) is 11.1. The Balaban J connectivity index is 1.44. The monoisotopic (exact) mass is 485 g/mol. The van der Waals surface area contributed by atoms with E-state index in [0.717, 1.165) is 32.1 Å². The lowest BCUT2D eigenvalue weighted by atomic mass is 9.63. The van der Waals surface area contributed by atoms with E-state index in [0.29, 0.717) is 17.1 Å². The van der Waals surface area contributed by atoms with E-state index in [2.05, 4.69) is 34.8 Å². The van der Waals surface area contributed by atoms with Crippen molar-refractivity contribution in [3.63, 3.8) is 0 Å². The van der Waals surface area contributed by atoms with Crippen molar-refractivity contribution in [2.45, 2.75) is 45.7 Å². The van der Waals surface area contributed by atoms with Crippen molar-refractivity contribution in [3.8, 4) is 0 Å². The number of rotatable bonds is 2. The number of hydroxylamine groups is 3. The van der Waals surface area contributed by atoms with Crippen LogP contribution in [0.3, 0.4) is 0 Å². The number of hydrazine groups is 1. The van der Waals surface area contributed by atoms with Crippen molar-refractivity contribution in [1.82, 2.24) is 20.5 Å². The van der Waals surface area contributed by atoms with Crippen LogP contribution in [0.25, 0.3) is 0 Å². The molecule has 0 aromatic rings. The molecule has 2 aliphatic heterocycles. The number of allylic oxidation sites excluding steroid dienone is 11. The van der Waals surface area contributed by atoms with Crippen LogP contribution in [-0.4, -0.2) is 55.6 Å². The third-order valence-corrected chi connectivity index (χ3v) is 8.43. The minimum Gasteiger partial charge on any atom is -0.714 e. The maximum Gasteiger partial charge on any atom is 0.363 e. The molecular weight excluding hydrogens is 456 g/mol. The van der Waals surface area contributed by atoms with Crippen LogP contribution in [0.5, 0.6) is 0 Å². The molecule has 6 aliphatic rings. The number of hydrazone groups is 1. The van der Waals surface area contributed by atoms with Crippen LogP contribution in [0, 0.1) is 17.0 Å². The van der Waals surface area contributed by atoms with Crippen molar-refractivity contribution in [2.75, 3.05) is 7.05 Å². The molecule has 2 atom stereocenters. The maximum absolute atomic E-state index is 13.3. The number of carbonyl (C=O) groups excluding carboxylic acids is 1. The van der Waals surface area contributed by atoms with Crippen LogP contribution >= 0.6 is 0 Å². The molecular formula is C27H29N6O3. The second-order valence-electron chi connectivity index (χ2n) is 11.1. The van der Waals surface area contributed by atoms with Crippen LogP contribution < -0.4 is 5.43 Å². The van der Waals surface area contributed by atoms with Gasteiger partial charge in [0.1, 0.15) is 11.4 Å². The van der Waals surface area contributed by atoms with Gasteiger partial charge in [0.25, 0.3) is 0 Å². The van der Waals surface area contributed by atoms with Crippen molar-refractivity contribution >= 4 is 17.7 Å². The number of nitrogens with one attached hydrogen (secondary N) is 1. The minimum atomic E-state index is -0.868. The van der Waals surface area contributed by atoms with Gasteiger partial charge < -0.3 is 5.21 Å². The predicted molar refractivity (Wildman–Crippen MR) is 135 cm³/mol. The van der Waals surface area contributed by atoms with E-state index >= 15 is 0 Å². The lowest BCUT2D eigenvalue weighted by molar-refractivity contribution is -0.539. The molecule has 0 bridgehead atoms. The Kier molecular flexibility index (Phi) is 4.46. The highest BCUT2D eigenvalue weighted by molar-refractivity contribution is 5.99. The fourth-order valence-electron chi connectivity index (χ4n) is 5.70. The van der Waals surface area contributed by atoms with Gasteiger partial charge in [-0.1, -0.05) is 29.4 Å². The van der Waals surface area contributed by atoms with E-state index in [9.17, 15) is 15.2 Å². The van der Waals surface area contributed by atoms with Crippen molar-refractivity contribution in [3.05, 3.63) is 87.4 Å². The van der Waals surface area contributed by atoms with Crippen LogP contribution in [0.15, 0.2) is 87.3 Å². The Morgan fingerprint density at radius 2 is 1.58 bits per heavy atom. The molecule has 0 saturated carbocycles. The summed E-state index contributed by atoms with van der Waals surface area (Å²) in [5.74, 6) is 0.958. The summed E-state index contributed by atoms with van der Waals surface area (Å²) in [6.45, 7) is 9.04. The molecule has 4 aliphatic carbocycles. The number of amides is 2. The molecule has 0 spiro atoms. The number of urea groups is 1. The largest absolute Gasteiger partial charge is 0.714 e. The molecule has 36 heavy (non-hydrogen) atoms. The average molecular weight is 486 g/mol. The molecule has 0 fully saturated rings. The van der Waals surface area contributed by atoms with E-state index < -0.39 is 11.1 Å². The van der Waals surface area contributed by atoms with Crippen LogP contribution in [0.2, 0.25) is 0 Å². The van der Waals surface area contributed by atoms with Crippen LogP contribution in [-0.2, 0) is 5.21 Å². The van der Waals surface area contributed by atoms with Crippen LogP contribution in [0.1, 0.15) is 34.6 Å². The first kappa shape index (κ1) is 22.6. The molecule has 6 rings (SSSR count). The molecule has 2 unspecified atom stereocenters. The highest BCUT2D eigenvalue weighted by atomic mass is 16.5. The SMILES string of the molecule is CC1=NN(C2=CC3=CC=C4C=C(C5=[N+]([O-])C(C)(C)C(C)(C)N5[O])C=C5C=CC(=C2)C3C45)C(=O)N(C)N1. The van der Waals surface area contributed by atoms with E-state index in [4.69, 9.17) is 0 Å². The van der Waals surface area contributed by atoms with Crippen molar-refractivity contribution < 1.29 is 14.7 Å². The first-order valence-corrected chi connectivity index (χ1v) is 12.1. The molecule has 9 nitrogen and oxygen atoms in total. The fourth-order valence-corrected chi connectivity index (χ4v) is 5.70. The zero-order chi connectivity index (χ0) is 25.7. The zero-order valence-corrected chi connectivity index (χ0v) is 21.2. The quantitative estimate of drug-likeness (QED) is 0.477. The lowest BCUT2D eigenvalue weighted by Crippen LogP contribution is -2.53. The average Bonchev–Trinajstić information content (AvgIpc) is 2.95. The van der Waals surface area contributed by atoms with Crippen molar-refractivity contribution in [1.29, 1.82) is 0 Å². The number of carbonyl (C=O) groups is 1. The normalized spacial score (nSPS) is 29.5. The molecule has 0 aromatic heterocycles. The van der Waals surface area contributed by atoms with Gasteiger partial charge >= 0.3 is 11.9 Å². The van der Waals surface area contributed by atoms with Gasteiger partial charge in [-0.15, -0.1) is 5.10 Å². The Labute approximate surface area is 210 Å². The number of nitrogens with zero attached hydrogens (tertiary/aromatic N) is 5. The molecule has 2 heterocycles. The van der Waals surface area contributed by atoms with Gasteiger partial charge in [0.2, 0.25) is 0 Å². The van der Waals surface area contributed by atoms with Gasteiger partial charge in [-0.2, -0.15) is 5.01 Å². The number of hydrogen-bond donors (Lipinski definition) is 1. The van der Waals surface area contributed by atoms with Crippen LogP contribution in [0.4, 0.5) is 4.79 Å². The minimum absolute atomic E-state index is 0.0812. The third kappa shape index (κ3) is 2.83. The van der Waals surface area contributed by atoms with Gasteiger partial charge in [-0.25, -0.2) is 9.80 Å². The van der Waals surface area contributed by atoms with E-state index in [1.165, 1.54) is 10.0 Å². The molecule has 1 N–H and O–H groups in total. The Morgan fingerprint density at radius 3 is 2.19 bits per heavy atom. The Morgan fingerprint density at radius 1 is 0.972 bits per heavy atom. The highest BCUT2D eigenvalue weighted by Crippen LogP contribution is 2.50. The zero-order valence-electron chi connectivity index (χ0n) is 21.2. The summed E-state index contributed by atoms with van der Waals surface area (Å²) in [4.78, 5) is 12.8. The highest BCUT2D eigenvalue weighted by Gasteiger charge is 2.60. The van der Waals surface area contributed by atoms with Crippen molar-refractivity contribution in [2.24, 2.45) is 16.9 Å². The smallest absolute Gasteiger partial charge is 0.363 e. The van der Waals surface area contributed by atoms with E-state index in [1.807, 2.05) is 58.9 Å². The Bertz CT molecular complexity index is 1400. The summed E-state index contributed by atoms with van der Waals surface area (Å²) in [7, 11) is 1.67. The summed E-state index contributed by atoms with van der Waals surface area (Å²) in [6, 6.07) is -0.260. The van der Waals surface area contributed by atoms with Gasteiger partial charge in [0.05, 0.1) is 11.3 Å². The molecule has 0 saturated heterocycles. The molecule has 9 heteroatoms. The first-order valence-electron chi connectivity index (χ1n) is 12.1. The summed E-state index contributed by atoms with van der Waals surface area (Å²) in [6.07, 6.45) is 16.2. The molecule has 1 radical (unpaired) electrons. The third-order valence-electron chi connectivity index (χ3n) is 8.43. The van der Waals surface area contributed by atoms with Gasteiger partial charge in [0, 0.05) is 24.1 Å². The lowest BCUT2D eigenvalue weighted by Gasteiger charge is -2.41. The Hall–Kier alpha value is -3.85. The van der Waals surface area contributed by atoms with E-state index in [1.54, 1.807) is 7.05 Å². The summed E-state index contributed by atoms with van der Waals surface area (Å²) in [5.41, 5.74) is 6.83. The first-order chi connectivity index (χ1) is 16.9. The van der Waals surface area contributed by atoms with Gasteiger partial charge in [0.15, 0.2) is 5.54 Å². The molecule has 0 aromatic carbocycles.